The van der Waals surface area contributed by atoms with Crippen LogP contribution in [0.25, 0.3) is 0 Å². The van der Waals surface area contributed by atoms with Gasteiger partial charge in [0.05, 0.1) is 6.04 Å². The number of aryl methyl sites for hydroxylation is 3. The van der Waals surface area contributed by atoms with Crippen LogP contribution in [0.5, 0.6) is 0 Å². The lowest BCUT2D eigenvalue weighted by Crippen LogP contribution is -2.30. The minimum absolute atomic E-state index is 0.233. The molecule has 0 fully saturated rings. The van der Waals surface area contributed by atoms with E-state index in [-0.39, 0.29) is 11.9 Å². The van der Waals surface area contributed by atoms with Crippen LogP contribution in [0.1, 0.15) is 33.9 Å². The maximum Gasteiger partial charge on any atom is 0.128 e. The van der Waals surface area contributed by atoms with Gasteiger partial charge in [-0.25, -0.2) is 9.82 Å². The van der Waals surface area contributed by atoms with Gasteiger partial charge in [-0.3, -0.25) is 5.84 Å². The summed E-state index contributed by atoms with van der Waals surface area (Å²) in [4.78, 5) is 0. The Balaban J connectivity index is 2.50. The zero-order valence-electron chi connectivity index (χ0n) is 11.5. The van der Waals surface area contributed by atoms with Gasteiger partial charge >= 0.3 is 0 Å². The average molecular weight is 258 g/mol. The highest BCUT2D eigenvalue weighted by molar-refractivity contribution is 5.40. The van der Waals surface area contributed by atoms with Crippen LogP contribution < -0.4 is 11.3 Å². The van der Waals surface area contributed by atoms with Gasteiger partial charge in [0.25, 0.3) is 0 Å². The molecule has 2 nitrogen and oxygen atoms in total. The SMILES string of the molecule is Cc1ccc(C(NN)c2ccc(C)cc2F)c(C)c1. The maximum atomic E-state index is 14.1. The molecule has 3 heteroatoms. The van der Waals surface area contributed by atoms with Crippen LogP contribution in [0, 0.1) is 26.6 Å². The summed E-state index contributed by atoms with van der Waals surface area (Å²) in [5, 5.41) is 0. The minimum atomic E-state index is -0.332. The molecule has 100 valence electrons. The first-order chi connectivity index (χ1) is 9.02. The number of benzene rings is 2. The first kappa shape index (κ1) is 13.7. The Hall–Kier alpha value is -1.71. The van der Waals surface area contributed by atoms with Gasteiger partial charge in [0, 0.05) is 5.56 Å². The molecule has 2 rings (SSSR count). The number of nitrogens with two attached hydrogens (primary N) is 1. The van der Waals surface area contributed by atoms with Crippen molar-refractivity contribution >= 4 is 0 Å². The molecule has 0 aliphatic rings. The van der Waals surface area contributed by atoms with Crippen LogP contribution in [0.4, 0.5) is 4.39 Å². The predicted molar refractivity (Wildman–Crippen MR) is 76.2 cm³/mol. The molecule has 0 bridgehead atoms. The number of halogens is 1. The van der Waals surface area contributed by atoms with Gasteiger partial charge in [-0.15, -0.1) is 0 Å². The van der Waals surface area contributed by atoms with E-state index in [9.17, 15) is 4.39 Å². The Morgan fingerprint density at radius 3 is 2.05 bits per heavy atom. The van der Waals surface area contributed by atoms with Crippen LogP contribution in [0.2, 0.25) is 0 Å². The van der Waals surface area contributed by atoms with Crippen molar-refractivity contribution in [3.05, 3.63) is 70.0 Å². The highest BCUT2D eigenvalue weighted by atomic mass is 19.1. The number of hydrogen-bond acceptors (Lipinski definition) is 2. The van der Waals surface area contributed by atoms with E-state index in [0.717, 1.165) is 16.7 Å². The van der Waals surface area contributed by atoms with Crippen LogP contribution in [0.3, 0.4) is 0 Å². The highest BCUT2D eigenvalue weighted by Crippen LogP contribution is 2.27. The topological polar surface area (TPSA) is 38.0 Å². The lowest BCUT2D eigenvalue weighted by atomic mass is 9.93. The third-order valence-electron chi connectivity index (χ3n) is 3.37. The normalized spacial score (nSPS) is 12.5. The molecule has 1 atom stereocenters. The summed E-state index contributed by atoms with van der Waals surface area (Å²) in [5.41, 5.74) is 7.46. The van der Waals surface area contributed by atoms with Crippen molar-refractivity contribution in [3.8, 4) is 0 Å². The molecule has 0 heterocycles. The third-order valence-corrected chi connectivity index (χ3v) is 3.37. The first-order valence-corrected chi connectivity index (χ1v) is 6.32. The smallest absolute Gasteiger partial charge is 0.128 e. The fourth-order valence-electron chi connectivity index (χ4n) is 2.36. The van der Waals surface area contributed by atoms with E-state index in [1.807, 2.05) is 39.0 Å². The van der Waals surface area contributed by atoms with Crippen molar-refractivity contribution in [1.82, 2.24) is 5.43 Å². The zero-order valence-corrected chi connectivity index (χ0v) is 11.5. The Bertz CT molecular complexity index is 542. The molecule has 0 aliphatic heterocycles. The summed E-state index contributed by atoms with van der Waals surface area (Å²) >= 11 is 0. The molecule has 0 aromatic heterocycles. The first-order valence-electron chi connectivity index (χ1n) is 6.32. The lowest BCUT2D eigenvalue weighted by Gasteiger charge is -2.20. The molecule has 3 N–H and O–H groups in total. The summed E-state index contributed by atoms with van der Waals surface area (Å²) in [6.45, 7) is 5.92. The molecule has 2 aromatic carbocycles. The predicted octanol–water partition coefficient (Wildman–Crippen LogP) is 3.30. The van der Waals surface area contributed by atoms with E-state index >= 15 is 0 Å². The molecule has 19 heavy (non-hydrogen) atoms. The maximum absolute atomic E-state index is 14.1. The van der Waals surface area contributed by atoms with Crippen LogP contribution >= 0.6 is 0 Å². The summed E-state index contributed by atoms with van der Waals surface area (Å²) < 4.78 is 14.1. The molecule has 0 amide bonds. The summed E-state index contributed by atoms with van der Waals surface area (Å²) in [7, 11) is 0. The summed E-state index contributed by atoms with van der Waals surface area (Å²) in [6, 6.07) is 11.0. The van der Waals surface area contributed by atoms with Gasteiger partial charge in [-0.05, 0) is 43.5 Å². The average Bonchev–Trinajstić information content (AvgIpc) is 2.34. The standard InChI is InChI=1S/C16H19FN2/c1-10-4-6-13(12(3)8-10)16(19-18)14-7-5-11(2)9-15(14)17/h4-9,16,19H,18H2,1-3H3. The van der Waals surface area contributed by atoms with Crippen LogP contribution in [0.15, 0.2) is 36.4 Å². The molecular weight excluding hydrogens is 239 g/mol. The van der Waals surface area contributed by atoms with Crippen molar-refractivity contribution in [2.24, 2.45) is 5.84 Å². The second kappa shape index (κ2) is 5.51. The highest BCUT2D eigenvalue weighted by Gasteiger charge is 2.18. The monoisotopic (exact) mass is 258 g/mol. The van der Waals surface area contributed by atoms with Gasteiger partial charge in [0.2, 0.25) is 0 Å². The molecule has 0 radical (unpaired) electrons. The Kier molecular flexibility index (Phi) is 3.98. The van der Waals surface area contributed by atoms with E-state index in [2.05, 4.69) is 11.5 Å². The minimum Gasteiger partial charge on any atom is -0.271 e. The molecular formula is C16H19FN2. The largest absolute Gasteiger partial charge is 0.271 e. The van der Waals surface area contributed by atoms with E-state index in [0.29, 0.717) is 5.56 Å². The molecule has 0 aliphatic carbocycles. The lowest BCUT2D eigenvalue weighted by molar-refractivity contribution is 0.558. The molecule has 1 unspecified atom stereocenters. The quantitative estimate of drug-likeness (QED) is 0.655. The summed E-state index contributed by atoms with van der Waals surface area (Å²) in [5.74, 6) is 5.40. The van der Waals surface area contributed by atoms with Crippen LogP contribution in [-0.4, -0.2) is 0 Å². The van der Waals surface area contributed by atoms with E-state index in [4.69, 9.17) is 5.84 Å². The molecule has 2 aromatic rings. The Morgan fingerprint density at radius 1 is 0.947 bits per heavy atom. The molecule has 0 spiro atoms. The van der Waals surface area contributed by atoms with Crippen LogP contribution in [-0.2, 0) is 0 Å². The van der Waals surface area contributed by atoms with Crippen molar-refractivity contribution in [1.29, 1.82) is 0 Å². The van der Waals surface area contributed by atoms with Gasteiger partial charge in [-0.1, -0.05) is 35.9 Å². The van der Waals surface area contributed by atoms with E-state index < -0.39 is 0 Å². The molecule has 0 saturated heterocycles. The van der Waals surface area contributed by atoms with E-state index in [1.165, 1.54) is 11.6 Å². The zero-order chi connectivity index (χ0) is 14.0. The number of hydrazine groups is 1. The second-order valence-electron chi connectivity index (χ2n) is 4.98. The molecule has 0 saturated carbocycles. The van der Waals surface area contributed by atoms with Crippen molar-refractivity contribution in [2.75, 3.05) is 0 Å². The fraction of sp³-hybridized carbons (Fsp3) is 0.250. The number of nitrogens with one attached hydrogen (secondary N) is 1. The van der Waals surface area contributed by atoms with Gasteiger partial charge in [0.1, 0.15) is 5.82 Å². The number of hydrogen-bond donors (Lipinski definition) is 2. The second-order valence-corrected chi connectivity index (χ2v) is 4.98. The van der Waals surface area contributed by atoms with Gasteiger partial charge < -0.3 is 0 Å². The Labute approximate surface area is 113 Å². The Morgan fingerprint density at radius 2 is 1.53 bits per heavy atom. The fourth-order valence-corrected chi connectivity index (χ4v) is 2.36. The van der Waals surface area contributed by atoms with Gasteiger partial charge in [0.15, 0.2) is 0 Å². The summed E-state index contributed by atoms with van der Waals surface area (Å²) in [6.07, 6.45) is 0. The van der Waals surface area contributed by atoms with Gasteiger partial charge in [-0.2, -0.15) is 0 Å². The number of rotatable bonds is 3. The van der Waals surface area contributed by atoms with E-state index in [1.54, 1.807) is 6.07 Å². The van der Waals surface area contributed by atoms with Crippen molar-refractivity contribution < 1.29 is 4.39 Å². The van der Waals surface area contributed by atoms with Crippen molar-refractivity contribution in [2.45, 2.75) is 26.8 Å². The van der Waals surface area contributed by atoms with Crippen molar-refractivity contribution in [3.63, 3.8) is 0 Å². The third kappa shape index (κ3) is 2.83.